The van der Waals surface area contributed by atoms with Crippen LogP contribution in [0.2, 0.25) is 5.02 Å². The highest BCUT2D eigenvalue weighted by Gasteiger charge is 2.19. The van der Waals surface area contributed by atoms with Crippen molar-refractivity contribution in [2.45, 2.75) is 6.92 Å². The summed E-state index contributed by atoms with van der Waals surface area (Å²) in [5.74, 6) is -1.67. The van der Waals surface area contributed by atoms with Gasteiger partial charge in [-0.1, -0.05) is 17.7 Å². The number of hydrogen-bond donors (Lipinski definition) is 2. The van der Waals surface area contributed by atoms with Gasteiger partial charge in [-0.25, -0.2) is 9.18 Å². The molecule has 7 heteroatoms. The fraction of sp³-hybridized carbons (Fsp3) is 0.0909. The van der Waals surface area contributed by atoms with Crippen LogP contribution < -0.4 is 5.32 Å². The van der Waals surface area contributed by atoms with E-state index in [9.17, 15) is 9.18 Å². The summed E-state index contributed by atoms with van der Waals surface area (Å²) >= 11 is 6.80. The molecule has 1 heterocycles. The van der Waals surface area contributed by atoms with Crippen LogP contribution in [0.4, 0.5) is 15.1 Å². The van der Waals surface area contributed by atoms with E-state index in [0.29, 0.717) is 5.69 Å². The van der Waals surface area contributed by atoms with Crippen LogP contribution in [0.25, 0.3) is 0 Å². The molecular weight excluding hydrogens is 279 g/mol. The molecule has 0 atom stereocenters. The summed E-state index contributed by atoms with van der Waals surface area (Å²) in [5, 5.41) is 12.2. The minimum Gasteiger partial charge on any atom is -0.478 e. The van der Waals surface area contributed by atoms with E-state index in [1.165, 1.54) is 18.2 Å². The lowest BCUT2D eigenvalue weighted by Gasteiger charge is -2.07. The van der Waals surface area contributed by atoms with Gasteiger partial charge < -0.3 is 10.4 Å². The van der Waals surface area contributed by atoms with E-state index >= 15 is 0 Å². The number of aromatic nitrogens is 1. The Hall–Kier alpha value is -1.66. The van der Waals surface area contributed by atoms with E-state index < -0.39 is 11.8 Å². The highest BCUT2D eigenvalue weighted by atomic mass is 35.5. The van der Waals surface area contributed by atoms with Crippen LogP contribution in [0.3, 0.4) is 0 Å². The molecular formula is C11H8ClFN2O2S. The number of halogens is 2. The third-order valence-electron chi connectivity index (χ3n) is 2.28. The second-order valence-electron chi connectivity index (χ2n) is 3.50. The van der Waals surface area contributed by atoms with E-state index in [2.05, 4.69) is 9.69 Å². The summed E-state index contributed by atoms with van der Waals surface area (Å²) in [6.45, 7) is 1.58. The summed E-state index contributed by atoms with van der Waals surface area (Å²) < 4.78 is 17.5. The van der Waals surface area contributed by atoms with E-state index in [1.807, 2.05) is 0 Å². The Morgan fingerprint density at radius 2 is 2.28 bits per heavy atom. The maximum absolute atomic E-state index is 13.6. The molecule has 2 rings (SSSR count). The van der Waals surface area contributed by atoms with Gasteiger partial charge in [0.05, 0.1) is 16.4 Å². The molecule has 0 bridgehead atoms. The zero-order valence-corrected chi connectivity index (χ0v) is 10.8. The van der Waals surface area contributed by atoms with E-state index in [0.717, 1.165) is 11.5 Å². The van der Waals surface area contributed by atoms with Crippen LogP contribution in [0.1, 0.15) is 16.1 Å². The number of rotatable bonds is 3. The van der Waals surface area contributed by atoms with Crippen LogP contribution in [0.15, 0.2) is 18.2 Å². The summed E-state index contributed by atoms with van der Waals surface area (Å²) in [6.07, 6.45) is 0. The van der Waals surface area contributed by atoms with Crippen LogP contribution in [0, 0.1) is 12.7 Å². The minimum atomic E-state index is -1.11. The summed E-state index contributed by atoms with van der Waals surface area (Å²) in [7, 11) is 0. The van der Waals surface area contributed by atoms with Gasteiger partial charge in [0.15, 0.2) is 0 Å². The van der Waals surface area contributed by atoms with Gasteiger partial charge in [0.25, 0.3) is 0 Å². The number of carboxylic acids is 1. The Bertz CT molecular complexity index is 595. The number of carbonyl (C=O) groups is 1. The molecule has 0 fully saturated rings. The quantitative estimate of drug-likeness (QED) is 0.903. The number of benzene rings is 1. The molecule has 0 aliphatic heterocycles. The Morgan fingerprint density at radius 3 is 2.89 bits per heavy atom. The molecule has 1 aromatic carbocycles. The molecule has 0 saturated carbocycles. The van der Waals surface area contributed by atoms with Gasteiger partial charge in [-0.3, -0.25) is 0 Å². The maximum Gasteiger partial charge on any atom is 0.340 e. The lowest BCUT2D eigenvalue weighted by molar-refractivity contribution is 0.0697. The first kappa shape index (κ1) is 12.8. The molecule has 0 spiro atoms. The number of nitrogens with one attached hydrogen (secondary N) is 1. The molecule has 94 valence electrons. The second-order valence-corrected chi connectivity index (χ2v) is 4.68. The lowest BCUT2D eigenvalue weighted by atomic mass is 10.2. The van der Waals surface area contributed by atoms with Crippen molar-refractivity contribution in [3.8, 4) is 0 Å². The third-order valence-corrected chi connectivity index (χ3v) is 3.45. The molecule has 0 saturated heterocycles. The maximum atomic E-state index is 13.6. The molecule has 2 aromatic rings. The van der Waals surface area contributed by atoms with Gasteiger partial charge >= 0.3 is 5.97 Å². The second kappa shape index (κ2) is 4.91. The number of hydrogen-bond acceptors (Lipinski definition) is 4. The number of nitrogens with zero attached hydrogens (tertiary/aromatic N) is 1. The average Bonchev–Trinajstić information content (AvgIpc) is 2.65. The number of anilines is 2. The Morgan fingerprint density at radius 1 is 1.56 bits per heavy atom. The van der Waals surface area contributed by atoms with Gasteiger partial charge in [-0.05, 0) is 30.6 Å². The first-order valence-corrected chi connectivity index (χ1v) is 6.06. The first-order valence-electron chi connectivity index (χ1n) is 4.91. The molecule has 18 heavy (non-hydrogen) atoms. The number of aryl methyl sites for hydroxylation is 1. The van der Waals surface area contributed by atoms with Crippen LogP contribution in [-0.2, 0) is 0 Å². The molecule has 0 aliphatic carbocycles. The smallest absolute Gasteiger partial charge is 0.340 e. The normalized spacial score (nSPS) is 10.4. The summed E-state index contributed by atoms with van der Waals surface area (Å²) in [4.78, 5) is 11.1. The zero-order chi connectivity index (χ0) is 13.3. The van der Waals surface area contributed by atoms with Crippen molar-refractivity contribution >= 4 is 39.8 Å². The highest BCUT2D eigenvalue weighted by molar-refractivity contribution is 7.10. The first-order chi connectivity index (χ1) is 8.50. The fourth-order valence-electron chi connectivity index (χ4n) is 1.44. The molecule has 0 radical (unpaired) electrons. The Kier molecular flexibility index (Phi) is 3.49. The largest absolute Gasteiger partial charge is 0.478 e. The average molecular weight is 287 g/mol. The molecule has 0 unspecified atom stereocenters. The van der Waals surface area contributed by atoms with Gasteiger partial charge in [0.1, 0.15) is 16.4 Å². The minimum absolute atomic E-state index is 0.0271. The van der Waals surface area contributed by atoms with Gasteiger partial charge in [0.2, 0.25) is 0 Å². The third kappa shape index (κ3) is 2.30. The van der Waals surface area contributed by atoms with Crippen molar-refractivity contribution in [1.82, 2.24) is 4.37 Å². The van der Waals surface area contributed by atoms with Gasteiger partial charge in [0, 0.05) is 0 Å². The van der Waals surface area contributed by atoms with Crippen molar-refractivity contribution in [3.63, 3.8) is 0 Å². The molecule has 4 nitrogen and oxygen atoms in total. The van der Waals surface area contributed by atoms with Crippen molar-refractivity contribution in [3.05, 3.63) is 40.3 Å². The summed E-state index contributed by atoms with van der Waals surface area (Å²) in [6, 6.07) is 4.22. The molecule has 0 aliphatic rings. The van der Waals surface area contributed by atoms with Crippen molar-refractivity contribution in [2.75, 3.05) is 5.32 Å². The number of carboxylic acid groups (broad SMARTS) is 1. The van der Waals surface area contributed by atoms with E-state index in [-0.39, 0.29) is 21.3 Å². The fourth-order valence-corrected chi connectivity index (χ4v) is 2.44. The standard InChI is InChI=1S/C11H8ClFN2O2S/c1-5-8(11(16)17)10(18-15-5)14-9-6(12)3-2-4-7(9)13/h2-4,14H,1H3,(H,16,17). The van der Waals surface area contributed by atoms with Crippen LogP contribution >= 0.6 is 23.1 Å². The van der Waals surface area contributed by atoms with E-state index in [4.69, 9.17) is 16.7 Å². The zero-order valence-electron chi connectivity index (χ0n) is 9.20. The van der Waals surface area contributed by atoms with Gasteiger partial charge in [-0.2, -0.15) is 4.37 Å². The Labute approximate surface area is 111 Å². The van der Waals surface area contributed by atoms with Crippen LogP contribution in [0.5, 0.6) is 0 Å². The van der Waals surface area contributed by atoms with Crippen molar-refractivity contribution in [2.24, 2.45) is 0 Å². The topological polar surface area (TPSA) is 62.2 Å². The molecule has 1 aromatic heterocycles. The Balaban J connectivity index is 2.44. The predicted octanol–water partition coefficient (Wildman–Crippen LogP) is 3.69. The van der Waals surface area contributed by atoms with E-state index in [1.54, 1.807) is 6.92 Å². The number of para-hydroxylation sites is 1. The van der Waals surface area contributed by atoms with Crippen molar-refractivity contribution in [1.29, 1.82) is 0 Å². The van der Waals surface area contributed by atoms with Crippen molar-refractivity contribution < 1.29 is 14.3 Å². The van der Waals surface area contributed by atoms with Crippen LogP contribution in [-0.4, -0.2) is 15.4 Å². The summed E-state index contributed by atoms with van der Waals surface area (Å²) in [5.41, 5.74) is 0.451. The number of aromatic carboxylic acids is 1. The van der Waals surface area contributed by atoms with Gasteiger partial charge in [-0.15, -0.1) is 0 Å². The highest BCUT2D eigenvalue weighted by Crippen LogP contribution is 2.32. The molecule has 0 amide bonds. The SMILES string of the molecule is Cc1nsc(Nc2c(F)cccc2Cl)c1C(=O)O. The molecule has 2 N–H and O–H groups in total. The lowest BCUT2D eigenvalue weighted by Crippen LogP contribution is -2.02. The predicted molar refractivity (Wildman–Crippen MR) is 68.5 cm³/mol. The monoisotopic (exact) mass is 286 g/mol.